The molecule has 0 fully saturated rings. The molecular weight excluding hydrogens is 245 g/mol. The SMILES string of the molecule is Cc1cncc(NC2CCOc3ccc(F)cc32)n1. The maximum atomic E-state index is 13.4. The van der Waals surface area contributed by atoms with Gasteiger partial charge in [0.15, 0.2) is 0 Å². The fourth-order valence-electron chi connectivity index (χ4n) is 2.23. The van der Waals surface area contributed by atoms with Gasteiger partial charge in [0.2, 0.25) is 0 Å². The summed E-state index contributed by atoms with van der Waals surface area (Å²) in [6.07, 6.45) is 4.14. The van der Waals surface area contributed by atoms with E-state index in [9.17, 15) is 4.39 Å². The van der Waals surface area contributed by atoms with E-state index in [1.165, 1.54) is 12.1 Å². The zero-order valence-electron chi connectivity index (χ0n) is 10.6. The lowest BCUT2D eigenvalue weighted by Crippen LogP contribution is -2.21. The van der Waals surface area contributed by atoms with Gasteiger partial charge < -0.3 is 10.1 Å². The molecule has 0 amide bonds. The van der Waals surface area contributed by atoms with Crippen LogP contribution in [0.2, 0.25) is 0 Å². The van der Waals surface area contributed by atoms with E-state index in [4.69, 9.17) is 4.74 Å². The predicted molar refractivity (Wildman–Crippen MR) is 69.6 cm³/mol. The monoisotopic (exact) mass is 259 g/mol. The second-order valence-corrected chi connectivity index (χ2v) is 4.56. The fourth-order valence-corrected chi connectivity index (χ4v) is 2.23. The zero-order valence-corrected chi connectivity index (χ0v) is 10.6. The zero-order chi connectivity index (χ0) is 13.2. The minimum absolute atomic E-state index is 0.00412. The van der Waals surface area contributed by atoms with Crippen molar-refractivity contribution in [2.24, 2.45) is 0 Å². The van der Waals surface area contributed by atoms with E-state index in [0.29, 0.717) is 12.4 Å². The third kappa shape index (κ3) is 2.50. The summed E-state index contributed by atoms with van der Waals surface area (Å²) in [5, 5.41) is 3.28. The molecule has 1 N–H and O–H groups in total. The first-order valence-electron chi connectivity index (χ1n) is 6.20. The highest BCUT2D eigenvalue weighted by Crippen LogP contribution is 2.34. The maximum absolute atomic E-state index is 13.4. The Morgan fingerprint density at radius 2 is 2.26 bits per heavy atom. The molecule has 2 aromatic rings. The van der Waals surface area contributed by atoms with Crippen LogP contribution in [-0.2, 0) is 0 Å². The molecule has 1 aliphatic rings. The average Bonchev–Trinajstić information content (AvgIpc) is 2.39. The number of nitrogens with zero attached hydrogens (tertiary/aromatic N) is 2. The standard InChI is InChI=1S/C14H14FN3O/c1-9-7-16-8-14(17-9)18-12-4-5-19-13-3-2-10(15)6-11(12)13/h2-3,6-8,12H,4-5H2,1H3,(H,17,18). The van der Waals surface area contributed by atoms with Crippen molar-refractivity contribution < 1.29 is 9.13 Å². The molecule has 0 saturated carbocycles. The van der Waals surface area contributed by atoms with Crippen molar-refractivity contribution in [2.45, 2.75) is 19.4 Å². The van der Waals surface area contributed by atoms with Crippen LogP contribution in [0.15, 0.2) is 30.6 Å². The van der Waals surface area contributed by atoms with Gasteiger partial charge in [-0.3, -0.25) is 4.98 Å². The van der Waals surface area contributed by atoms with Crippen LogP contribution in [0.1, 0.15) is 23.7 Å². The van der Waals surface area contributed by atoms with Gasteiger partial charge in [-0.15, -0.1) is 0 Å². The quantitative estimate of drug-likeness (QED) is 0.900. The molecule has 0 bridgehead atoms. The number of aromatic nitrogens is 2. The van der Waals surface area contributed by atoms with Gasteiger partial charge in [0.1, 0.15) is 17.4 Å². The third-order valence-corrected chi connectivity index (χ3v) is 3.09. The number of rotatable bonds is 2. The van der Waals surface area contributed by atoms with Crippen molar-refractivity contribution in [3.63, 3.8) is 0 Å². The van der Waals surface area contributed by atoms with E-state index in [2.05, 4.69) is 15.3 Å². The predicted octanol–water partition coefficient (Wildman–Crippen LogP) is 2.86. The Kier molecular flexibility index (Phi) is 3.03. The highest BCUT2D eigenvalue weighted by atomic mass is 19.1. The molecule has 19 heavy (non-hydrogen) atoms. The van der Waals surface area contributed by atoms with Gasteiger partial charge in [0, 0.05) is 18.2 Å². The van der Waals surface area contributed by atoms with Crippen LogP contribution in [0.5, 0.6) is 5.75 Å². The van der Waals surface area contributed by atoms with Crippen molar-refractivity contribution in [2.75, 3.05) is 11.9 Å². The lowest BCUT2D eigenvalue weighted by Gasteiger charge is -2.27. The van der Waals surface area contributed by atoms with Crippen LogP contribution in [0, 0.1) is 12.7 Å². The molecule has 2 heterocycles. The molecule has 0 saturated heterocycles. The van der Waals surface area contributed by atoms with Gasteiger partial charge in [0.25, 0.3) is 0 Å². The van der Waals surface area contributed by atoms with Crippen LogP contribution in [0.25, 0.3) is 0 Å². The summed E-state index contributed by atoms with van der Waals surface area (Å²) in [6, 6.07) is 4.58. The number of halogens is 1. The molecule has 1 aromatic heterocycles. The summed E-state index contributed by atoms with van der Waals surface area (Å²) in [5.41, 5.74) is 1.67. The Hall–Kier alpha value is -2.17. The summed E-state index contributed by atoms with van der Waals surface area (Å²) in [5.74, 6) is 1.17. The van der Waals surface area contributed by atoms with Gasteiger partial charge >= 0.3 is 0 Å². The van der Waals surface area contributed by atoms with Gasteiger partial charge in [-0.2, -0.15) is 0 Å². The average molecular weight is 259 g/mol. The number of hydrogen-bond acceptors (Lipinski definition) is 4. The Labute approximate surface area is 110 Å². The summed E-state index contributed by atoms with van der Waals surface area (Å²) in [4.78, 5) is 8.45. The Morgan fingerprint density at radius 3 is 3.11 bits per heavy atom. The van der Waals surface area contributed by atoms with E-state index in [0.717, 1.165) is 23.4 Å². The van der Waals surface area contributed by atoms with Crippen LogP contribution in [0.4, 0.5) is 10.2 Å². The first-order chi connectivity index (χ1) is 9.22. The van der Waals surface area contributed by atoms with E-state index in [-0.39, 0.29) is 11.9 Å². The van der Waals surface area contributed by atoms with Crippen LogP contribution in [0.3, 0.4) is 0 Å². The first-order valence-corrected chi connectivity index (χ1v) is 6.20. The van der Waals surface area contributed by atoms with E-state index in [1.807, 2.05) is 6.92 Å². The van der Waals surface area contributed by atoms with Gasteiger partial charge in [-0.05, 0) is 25.1 Å². The molecular formula is C14H14FN3O. The second kappa shape index (κ2) is 4.84. The molecule has 1 unspecified atom stereocenters. The smallest absolute Gasteiger partial charge is 0.145 e. The minimum Gasteiger partial charge on any atom is -0.493 e. The van der Waals surface area contributed by atoms with Crippen LogP contribution < -0.4 is 10.1 Å². The summed E-state index contributed by atoms with van der Waals surface area (Å²) in [7, 11) is 0. The van der Waals surface area contributed by atoms with E-state index in [1.54, 1.807) is 18.5 Å². The molecule has 0 aliphatic carbocycles. The van der Waals surface area contributed by atoms with Crippen molar-refractivity contribution in [1.82, 2.24) is 9.97 Å². The topological polar surface area (TPSA) is 47.0 Å². The Morgan fingerprint density at radius 1 is 1.37 bits per heavy atom. The normalized spacial score (nSPS) is 17.5. The number of hydrogen-bond donors (Lipinski definition) is 1. The molecule has 1 aromatic carbocycles. The molecule has 0 spiro atoms. The van der Waals surface area contributed by atoms with Crippen molar-refractivity contribution in [1.29, 1.82) is 0 Å². The number of nitrogens with one attached hydrogen (secondary N) is 1. The molecule has 98 valence electrons. The van der Waals surface area contributed by atoms with E-state index < -0.39 is 0 Å². The van der Waals surface area contributed by atoms with E-state index >= 15 is 0 Å². The summed E-state index contributed by atoms with van der Waals surface area (Å²) >= 11 is 0. The lowest BCUT2D eigenvalue weighted by atomic mass is 10.0. The third-order valence-electron chi connectivity index (χ3n) is 3.09. The first kappa shape index (κ1) is 11.9. The molecule has 5 heteroatoms. The molecule has 4 nitrogen and oxygen atoms in total. The summed E-state index contributed by atoms with van der Waals surface area (Å²) in [6.45, 7) is 2.49. The highest BCUT2D eigenvalue weighted by molar-refractivity contribution is 5.44. The largest absolute Gasteiger partial charge is 0.493 e. The lowest BCUT2D eigenvalue weighted by molar-refractivity contribution is 0.273. The number of ether oxygens (including phenoxy) is 1. The second-order valence-electron chi connectivity index (χ2n) is 4.56. The molecule has 1 aliphatic heterocycles. The Bertz CT molecular complexity index is 603. The summed E-state index contributed by atoms with van der Waals surface area (Å²) < 4.78 is 18.9. The van der Waals surface area contributed by atoms with Crippen LogP contribution >= 0.6 is 0 Å². The number of aryl methyl sites for hydroxylation is 1. The number of fused-ring (bicyclic) bond motifs is 1. The van der Waals surface area contributed by atoms with Gasteiger partial charge in [-0.25, -0.2) is 9.37 Å². The van der Waals surface area contributed by atoms with Gasteiger partial charge in [-0.1, -0.05) is 0 Å². The minimum atomic E-state index is -0.258. The fraction of sp³-hybridized carbons (Fsp3) is 0.286. The van der Waals surface area contributed by atoms with Gasteiger partial charge in [0.05, 0.1) is 24.5 Å². The molecule has 1 atom stereocenters. The van der Waals surface area contributed by atoms with Crippen molar-refractivity contribution in [3.8, 4) is 5.75 Å². The molecule has 3 rings (SSSR count). The number of anilines is 1. The molecule has 0 radical (unpaired) electrons. The highest BCUT2D eigenvalue weighted by Gasteiger charge is 2.22. The van der Waals surface area contributed by atoms with Crippen LogP contribution in [-0.4, -0.2) is 16.6 Å². The Balaban J connectivity index is 1.89. The van der Waals surface area contributed by atoms with Crippen molar-refractivity contribution >= 4 is 5.82 Å². The number of benzene rings is 1. The van der Waals surface area contributed by atoms with Crippen molar-refractivity contribution in [3.05, 3.63) is 47.7 Å². The maximum Gasteiger partial charge on any atom is 0.145 e.